The van der Waals surface area contributed by atoms with Crippen molar-refractivity contribution in [3.8, 4) is 0 Å². The van der Waals surface area contributed by atoms with E-state index < -0.39 is 0 Å². The van der Waals surface area contributed by atoms with Crippen LogP contribution in [0.25, 0.3) is 0 Å². The van der Waals surface area contributed by atoms with Crippen LogP contribution < -0.4 is 5.17 Å². The molecule has 1 aliphatic rings. The van der Waals surface area contributed by atoms with E-state index in [0.29, 0.717) is 0 Å². The van der Waals surface area contributed by atoms with E-state index in [1.165, 1.54) is 0 Å². The Morgan fingerprint density at radius 2 is 2.17 bits per heavy atom. The fourth-order valence-electron chi connectivity index (χ4n) is 0.365. The van der Waals surface area contributed by atoms with E-state index in [1.807, 2.05) is 0 Å². The van der Waals surface area contributed by atoms with E-state index in [4.69, 9.17) is 0 Å². The van der Waals surface area contributed by atoms with Crippen molar-refractivity contribution in [3.63, 3.8) is 0 Å². The third-order valence-corrected chi connectivity index (χ3v) is 0.893. The molecule has 1 unspecified atom stereocenters. The summed E-state index contributed by atoms with van der Waals surface area (Å²) < 4.78 is 0. The molecule has 0 aliphatic carbocycles. The molecular weight excluding hydrogens is 80.0 g/mol. The molecule has 0 radical (unpaired) electrons. The van der Waals surface area contributed by atoms with E-state index in [1.54, 1.807) is 12.1 Å². The molecule has 1 fully saturated rings. The van der Waals surface area contributed by atoms with Gasteiger partial charge in [0.05, 0.1) is 20.1 Å². The average Bonchev–Trinajstić information content (AvgIpc) is 2.06. The van der Waals surface area contributed by atoms with Crippen molar-refractivity contribution in [2.45, 2.75) is 0 Å². The van der Waals surface area contributed by atoms with Crippen molar-refractivity contribution >= 4 is 0 Å². The van der Waals surface area contributed by atoms with Crippen molar-refractivity contribution in [1.82, 2.24) is 5.01 Å². The summed E-state index contributed by atoms with van der Waals surface area (Å²) in [4.78, 5) is 0. The van der Waals surface area contributed by atoms with Gasteiger partial charge in [-0.2, -0.15) is 5.01 Å². The molecule has 0 spiro atoms. The van der Waals surface area contributed by atoms with Gasteiger partial charge in [0.2, 0.25) is 0 Å². The quantitative estimate of drug-likeness (QED) is 0.304. The SMILES string of the molecule is C[NH+]([O-])N1CC1. The summed E-state index contributed by atoms with van der Waals surface area (Å²) in [6.45, 7) is 1.96. The summed E-state index contributed by atoms with van der Waals surface area (Å²) in [6.07, 6.45) is 0. The molecule has 0 aromatic rings. The zero-order chi connectivity index (χ0) is 4.57. The molecule has 1 aliphatic heterocycles. The van der Waals surface area contributed by atoms with Gasteiger partial charge >= 0.3 is 0 Å². The number of quaternary nitrogens is 1. The monoisotopic (exact) mass is 88.1 g/mol. The van der Waals surface area contributed by atoms with Crippen LogP contribution >= 0.6 is 0 Å². The number of rotatable bonds is 1. The van der Waals surface area contributed by atoms with E-state index in [9.17, 15) is 5.21 Å². The van der Waals surface area contributed by atoms with Crippen molar-refractivity contribution in [3.05, 3.63) is 5.21 Å². The number of hydrogen-bond acceptors (Lipinski definition) is 2. The minimum atomic E-state index is 0.204. The molecule has 0 bridgehead atoms. The Bertz CT molecular complexity index is 50.8. The van der Waals surface area contributed by atoms with Gasteiger partial charge in [0, 0.05) is 0 Å². The van der Waals surface area contributed by atoms with Crippen LogP contribution in [0.5, 0.6) is 0 Å². The third kappa shape index (κ3) is 0.680. The van der Waals surface area contributed by atoms with Crippen LogP contribution in [-0.2, 0) is 0 Å². The maximum absolute atomic E-state index is 10.1. The van der Waals surface area contributed by atoms with Crippen LogP contribution in [0, 0.1) is 5.21 Å². The lowest BCUT2D eigenvalue weighted by Crippen LogP contribution is -3.07. The Balaban J connectivity index is 2.13. The highest BCUT2D eigenvalue weighted by atomic mass is 16.6. The molecule has 3 nitrogen and oxygen atoms in total. The standard InChI is InChI=1S/C3H8N2O/c1-4(6)5-2-3-5/h4H,2-3H2,1H3. The Morgan fingerprint density at radius 1 is 1.67 bits per heavy atom. The second-order valence-electron chi connectivity index (χ2n) is 1.51. The normalized spacial score (nSPS) is 27.0. The molecule has 0 aromatic carbocycles. The van der Waals surface area contributed by atoms with Gasteiger partial charge in [0.1, 0.15) is 0 Å². The van der Waals surface area contributed by atoms with E-state index in [0.717, 1.165) is 13.1 Å². The second-order valence-corrected chi connectivity index (χ2v) is 1.51. The predicted octanol–water partition coefficient (Wildman–Crippen LogP) is -1.77. The highest BCUT2D eigenvalue weighted by Gasteiger charge is 2.20. The summed E-state index contributed by atoms with van der Waals surface area (Å²) >= 11 is 0. The molecule has 1 atom stereocenters. The molecule has 1 heterocycles. The van der Waals surface area contributed by atoms with Crippen molar-refractivity contribution < 1.29 is 5.17 Å². The first-order valence-corrected chi connectivity index (χ1v) is 2.06. The first-order valence-electron chi connectivity index (χ1n) is 2.06. The maximum Gasteiger partial charge on any atom is 0.0841 e. The van der Waals surface area contributed by atoms with Gasteiger partial charge in [-0.15, -0.1) is 0 Å². The molecule has 1 N–H and O–H groups in total. The molecule has 1 saturated heterocycles. The molecule has 1 rings (SSSR count). The first kappa shape index (κ1) is 4.05. The third-order valence-electron chi connectivity index (χ3n) is 0.893. The van der Waals surface area contributed by atoms with E-state index in [-0.39, 0.29) is 5.17 Å². The lowest BCUT2D eigenvalue weighted by atomic mass is 11.0. The number of hydroxylamine groups is 1. The maximum atomic E-state index is 10.1. The minimum Gasteiger partial charge on any atom is -0.613 e. The molecule has 6 heavy (non-hydrogen) atoms. The van der Waals surface area contributed by atoms with Crippen LogP contribution in [0.15, 0.2) is 0 Å². The van der Waals surface area contributed by atoms with Crippen molar-refractivity contribution in [2.24, 2.45) is 0 Å². The van der Waals surface area contributed by atoms with Gasteiger partial charge in [-0.05, 0) is 0 Å². The van der Waals surface area contributed by atoms with Gasteiger partial charge in [0.15, 0.2) is 0 Å². The molecular formula is C3H8N2O. The Kier molecular flexibility index (Phi) is 0.799. The molecule has 0 saturated carbocycles. The minimum absolute atomic E-state index is 0.204. The zero-order valence-electron chi connectivity index (χ0n) is 3.77. The van der Waals surface area contributed by atoms with Crippen LogP contribution in [0.4, 0.5) is 0 Å². The largest absolute Gasteiger partial charge is 0.613 e. The van der Waals surface area contributed by atoms with Gasteiger partial charge in [-0.25, -0.2) is 0 Å². The van der Waals surface area contributed by atoms with E-state index in [2.05, 4.69) is 0 Å². The zero-order valence-corrected chi connectivity index (χ0v) is 3.77. The van der Waals surface area contributed by atoms with Crippen LogP contribution in [-0.4, -0.2) is 25.1 Å². The van der Waals surface area contributed by atoms with Gasteiger partial charge in [0.25, 0.3) is 0 Å². The number of nitrogens with one attached hydrogen (secondary N) is 1. The lowest BCUT2D eigenvalue weighted by molar-refractivity contribution is -0.930. The van der Waals surface area contributed by atoms with Crippen LogP contribution in [0.3, 0.4) is 0 Å². The summed E-state index contributed by atoms with van der Waals surface area (Å²) in [5.74, 6) is 0. The lowest BCUT2D eigenvalue weighted by Gasteiger charge is -2.14. The fourth-order valence-corrected chi connectivity index (χ4v) is 0.365. The van der Waals surface area contributed by atoms with Gasteiger partial charge < -0.3 is 5.21 Å². The first-order chi connectivity index (χ1) is 2.80. The van der Waals surface area contributed by atoms with Crippen molar-refractivity contribution in [2.75, 3.05) is 20.1 Å². The Labute approximate surface area is 36.7 Å². The second kappa shape index (κ2) is 1.18. The van der Waals surface area contributed by atoms with Crippen LogP contribution in [0.2, 0.25) is 0 Å². The van der Waals surface area contributed by atoms with Gasteiger partial charge in [-0.1, -0.05) is 0 Å². The summed E-state index contributed by atoms with van der Waals surface area (Å²) in [5.41, 5.74) is 0. The molecule has 0 aromatic heterocycles. The highest BCUT2D eigenvalue weighted by Crippen LogP contribution is 1.88. The van der Waals surface area contributed by atoms with Gasteiger partial charge in [-0.3, -0.25) is 5.17 Å². The number of hydrogen-bond donors (Lipinski definition) is 1. The Morgan fingerprint density at radius 3 is 2.17 bits per heavy atom. The fraction of sp³-hybridized carbons (Fsp3) is 1.00. The highest BCUT2D eigenvalue weighted by molar-refractivity contribution is 4.58. The summed E-state index contributed by atoms with van der Waals surface area (Å²) in [5, 5.41) is 12.1. The molecule has 36 valence electrons. The van der Waals surface area contributed by atoms with Crippen LogP contribution in [0.1, 0.15) is 0 Å². The topological polar surface area (TPSA) is 30.5 Å². The smallest absolute Gasteiger partial charge is 0.0841 e. The van der Waals surface area contributed by atoms with Crippen molar-refractivity contribution in [1.29, 1.82) is 0 Å². The molecule has 0 amide bonds. The average molecular weight is 88.1 g/mol. The molecule has 3 heteroatoms. The summed E-state index contributed by atoms with van der Waals surface area (Å²) in [6, 6.07) is 0. The summed E-state index contributed by atoms with van der Waals surface area (Å²) in [7, 11) is 1.59. The predicted molar refractivity (Wildman–Crippen MR) is 21.8 cm³/mol. The number of nitrogens with zero attached hydrogens (tertiary/aromatic N) is 1. The van der Waals surface area contributed by atoms with E-state index >= 15 is 0 Å². The Hall–Kier alpha value is -0.120.